The van der Waals surface area contributed by atoms with Crippen molar-refractivity contribution in [1.29, 1.82) is 0 Å². The molecule has 31 heavy (non-hydrogen) atoms. The highest BCUT2D eigenvalue weighted by Gasteiger charge is 2.22. The molecular weight excluding hydrogens is 402 g/mol. The van der Waals surface area contributed by atoms with E-state index in [1.54, 1.807) is 0 Å². The smallest absolute Gasteiger partial charge is 0.407 e. The van der Waals surface area contributed by atoms with Crippen LogP contribution in [0.3, 0.4) is 0 Å². The summed E-state index contributed by atoms with van der Waals surface area (Å²) in [5.74, 6) is -0.633. The van der Waals surface area contributed by atoms with Crippen LogP contribution in [0.2, 0.25) is 0 Å². The summed E-state index contributed by atoms with van der Waals surface area (Å²) in [7, 11) is 0. The van der Waals surface area contributed by atoms with E-state index in [4.69, 9.17) is 14.2 Å². The van der Waals surface area contributed by atoms with Gasteiger partial charge in [-0.3, -0.25) is 9.59 Å². The Morgan fingerprint density at radius 3 is 2.29 bits per heavy atom. The summed E-state index contributed by atoms with van der Waals surface area (Å²) in [6, 6.07) is 0. The number of esters is 2. The summed E-state index contributed by atoms with van der Waals surface area (Å²) in [6.07, 6.45) is 5.25. The summed E-state index contributed by atoms with van der Waals surface area (Å²) >= 11 is 0. The van der Waals surface area contributed by atoms with Gasteiger partial charge in [-0.15, -0.1) is 0 Å². The number of carbonyl (C=O) groups is 4. The van der Waals surface area contributed by atoms with Gasteiger partial charge in [0.05, 0.1) is 6.61 Å². The van der Waals surface area contributed by atoms with E-state index >= 15 is 0 Å². The first kappa shape index (κ1) is 28.4. The number of ketones is 1. The molecule has 0 aromatic heterocycles. The highest BCUT2D eigenvalue weighted by atomic mass is 16.6. The Labute approximate surface area is 185 Å². The Morgan fingerprint density at radius 2 is 1.65 bits per heavy atom. The largest absolute Gasteiger partial charge is 0.462 e. The third kappa shape index (κ3) is 16.8. The van der Waals surface area contributed by atoms with Crippen LogP contribution in [0, 0.1) is 11.3 Å². The van der Waals surface area contributed by atoms with E-state index in [1.165, 1.54) is 6.08 Å². The lowest BCUT2D eigenvalue weighted by atomic mass is 9.79. The number of nitrogens with one attached hydrogen (secondary N) is 1. The zero-order valence-corrected chi connectivity index (χ0v) is 19.1. The number of alkyl carbamates (subject to hydrolysis) is 1. The molecule has 0 fully saturated rings. The molecule has 1 unspecified atom stereocenters. The lowest BCUT2D eigenvalue weighted by Gasteiger charge is -2.28. The standard InChI is InChI=1S/C23H37NO7/c1-6-19(25)9-8-14-31-22(28)24-13-12-23(4,5)17-18(3)10-11-21(27)30-16-15-29-20(26)7-2/h6-7,18H,1-2,8-17H2,3-5H3,(H,24,28). The maximum atomic E-state index is 11.8. The van der Waals surface area contributed by atoms with Crippen molar-refractivity contribution in [2.24, 2.45) is 11.3 Å². The number of amides is 1. The number of ether oxygens (including phenoxy) is 3. The molecule has 0 radical (unpaired) electrons. The van der Waals surface area contributed by atoms with Crippen LogP contribution < -0.4 is 5.32 Å². The first-order chi connectivity index (χ1) is 14.6. The molecule has 0 bridgehead atoms. The quantitative estimate of drug-likeness (QED) is 0.159. The van der Waals surface area contributed by atoms with Gasteiger partial charge in [0.2, 0.25) is 0 Å². The van der Waals surface area contributed by atoms with Crippen molar-refractivity contribution in [3.8, 4) is 0 Å². The Morgan fingerprint density at radius 1 is 0.968 bits per heavy atom. The zero-order chi connectivity index (χ0) is 23.7. The minimum atomic E-state index is -0.547. The fraction of sp³-hybridized carbons (Fsp3) is 0.652. The summed E-state index contributed by atoms with van der Waals surface area (Å²) in [6.45, 7) is 13.7. The molecule has 0 aliphatic rings. The van der Waals surface area contributed by atoms with Crippen LogP contribution in [0.4, 0.5) is 4.79 Å². The van der Waals surface area contributed by atoms with Gasteiger partial charge in [-0.25, -0.2) is 9.59 Å². The van der Waals surface area contributed by atoms with Crippen molar-refractivity contribution in [2.75, 3.05) is 26.4 Å². The van der Waals surface area contributed by atoms with Gasteiger partial charge in [0, 0.05) is 25.5 Å². The van der Waals surface area contributed by atoms with Crippen LogP contribution in [-0.4, -0.2) is 50.2 Å². The molecule has 0 spiro atoms. The molecule has 8 nitrogen and oxygen atoms in total. The number of hydrogen-bond acceptors (Lipinski definition) is 7. The van der Waals surface area contributed by atoms with Gasteiger partial charge >= 0.3 is 18.0 Å². The first-order valence-corrected chi connectivity index (χ1v) is 10.6. The van der Waals surface area contributed by atoms with Crippen molar-refractivity contribution in [3.63, 3.8) is 0 Å². The Balaban J connectivity index is 3.93. The second kappa shape index (κ2) is 16.1. The number of hydrogen-bond donors (Lipinski definition) is 1. The number of rotatable bonds is 17. The summed E-state index contributed by atoms with van der Waals surface area (Å²) in [5, 5.41) is 2.72. The molecule has 8 heteroatoms. The van der Waals surface area contributed by atoms with Crippen molar-refractivity contribution in [1.82, 2.24) is 5.32 Å². The molecule has 1 amide bonds. The minimum absolute atomic E-state index is 0.0154. The van der Waals surface area contributed by atoms with Crippen LogP contribution in [0.15, 0.2) is 25.3 Å². The molecule has 1 atom stereocenters. The second-order valence-corrected chi connectivity index (χ2v) is 8.19. The fourth-order valence-electron chi connectivity index (χ4n) is 3.01. The molecule has 1 N–H and O–H groups in total. The first-order valence-electron chi connectivity index (χ1n) is 10.6. The van der Waals surface area contributed by atoms with E-state index in [-0.39, 0.29) is 37.0 Å². The molecule has 0 saturated heterocycles. The van der Waals surface area contributed by atoms with E-state index in [9.17, 15) is 19.2 Å². The maximum Gasteiger partial charge on any atom is 0.407 e. The highest BCUT2D eigenvalue weighted by molar-refractivity contribution is 5.88. The molecular formula is C23H37NO7. The lowest BCUT2D eigenvalue weighted by molar-refractivity contribution is -0.149. The van der Waals surface area contributed by atoms with E-state index < -0.39 is 12.1 Å². The van der Waals surface area contributed by atoms with Gasteiger partial charge in [0.15, 0.2) is 5.78 Å². The van der Waals surface area contributed by atoms with Crippen LogP contribution in [-0.2, 0) is 28.6 Å². The molecule has 0 heterocycles. The Bertz CT molecular complexity index is 613. The van der Waals surface area contributed by atoms with Crippen LogP contribution in [0.25, 0.3) is 0 Å². The second-order valence-electron chi connectivity index (χ2n) is 8.19. The predicted molar refractivity (Wildman–Crippen MR) is 117 cm³/mol. The van der Waals surface area contributed by atoms with Crippen molar-refractivity contribution in [2.45, 2.75) is 59.3 Å². The number of carbonyl (C=O) groups excluding carboxylic acids is 4. The molecule has 0 aromatic rings. The monoisotopic (exact) mass is 439 g/mol. The van der Waals surface area contributed by atoms with Crippen molar-refractivity contribution < 1.29 is 33.4 Å². The fourth-order valence-corrected chi connectivity index (χ4v) is 3.01. The normalized spacial score (nSPS) is 11.7. The summed E-state index contributed by atoms with van der Waals surface area (Å²) in [5.41, 5.74) is -0.0220. The van der Waals surface area contributed by atoms with Gasteiger partial charge in [-0.1, -0.05) is 33.9 Å². The number of allylic oxidation sites excluding steroid dienone is 1. The molecule has 0 saturated carbocycles. The lowest BCUT2D eigenvalue weighted by Crippen LogP contribution is -2.29. The third-order valence-corrected chi connectivity index (χ3v) is 4.60. The van der Waals surface area contributed by atoms with Gasteiger partial charge in [0.1, 0.15) is 13.2 Å². The molecule has 0 aliphatic carbocycles. The Kier molecular flexibility index (Phi) is 14.7. The topological polar surface area (TPSA) is 108 Å². The highest BCUT2D eigenvalue weighted by Crippen LogP contribution is 2.30. The van der Waals surface area contributed by atoms with Crippen LogP contribution in [0.1, 0.15) is 59.3 Å². The molecule has 0 rings (SSSR count). The third-order valence-electron chi connectivity index (χ3n) is 4.60. The SMILES string of the molecule is C=CC(=O)CCCOC(=O)NCCC(C)(C)CC(C)CCC(=O)OCCOC(=O)C=C. The average Bonchev–Trinajstić information content (AvgIpc) is 2.71. The molecule has 176 valence electrons. The predicted octanol–water partition coefficient (Wildman–Crippen LogP) is 3.74. The van der Waals surface area contributed by atoms with Gasteiger partial charge in [0.25, 0.3) is 0 Å². The zero-order valence-electron chi connectivity index (χ0n) is 19.1. The van der Waals surface area contributed by atoms with Crippen LogP contribution >= 0.6 is 0 Å². The Hall–Kier alpha value is -2.64. The van der Waals surface area contributed by atoms with Crippen LogP contribution in [0.5, 0.6) is 0 Å². The summed E-state index contributed by atoms with van der Waals surface area (Å²) < 4.78 is 14.8. The van der Waals surface area contributed by atoms with E-state index in [0.29, 0.717) is 38.1 Å². The maximum absolute atomic E-state index is 11.8. The van der Waals surface area contributed by atoms with Crippen molar-refractivity contribution in [3.05, 3.63) is 25.3 Å². The molecule has 0 aliphatic heterocycles. The van der Waals surface area contributed by atoms with Crippen molar-refractivity contribution >= 4 is 23.8 Å². The minimum Gasteiger partial charge on any atom is -0.462 e. The van der Waals surface area contributed by atoms with E-state index in [1.807, 2.05) is 0 Å². The average molecular weight is 440 g/mol. The van der Waals surface area contributed by atoms with E-state index in [0.717, 1.165) is 18.9 Å². The van der Waals surface area contributed by atoms with E-state index in [2.05, 4.69) is 39.2 Å². The summed E-state index contributed by atoms with van der Waals surface area (Å²) in [4.78, 5) is 45.4. The van der Waals surface area contributed by atoms with Gasteiger partial charge < -0.3 is 19.5 Å². The molecule has 0 aromatic carbocycles. The van der Waals surface area contributed by atoms with Gasteiger partial charge in [-0.2, -0.15) is 0 Å². The van der Waals surface area contributed by atoms with Gasteiger partial charge in [-0.05, 0) is 43.1 Å².